The molecule has 4 aliphatic carbocycles. The van der Waals surface area contributed by atoms with Crippen molar-refractivity contribution < 1.29 is 120 Å². The van der Waals surface area contributed by atoms with Crippen LogP contribution in [0.15, 0.2) is 11.6 Å². The molecule has 4 saturated carbocycles. The van der Waals surface area contributed by atoms with Gasteiger partial charge in [0.25, 0.3) is 0 Å². The highest BCUT2D eigenvalue weighted by Gasteiger charge is 2.74. The number of ether oxygens (including phenoxy) is 8. The van der Waals surface area contributed by atoms with E-state index in [0.717, 1.165) is 5.57 Å². The third-order valence-electron chi connectivity index (χ3n) is 20.8. The summed E-state index contributed by atoms with van der Waals surface area (Å²) in [5.41, 5.74) is -3.18. The van der Waals surface area contributed by atoms with Crippen LogP contribution in [-0.2, 0) is 37.9 Å². The third-order valence-corrected chi connectivity index (χ3v) is 20.8. The second kappa shape index (κ2) is 23.7. The van der Waals surface area contributed by atoms with Crippen LogP contribution in [0, 0.1) is 45.3 Å². The van der Waals surface area contributed by atoms with Crippen molar-refractivity contribution in [3.8, 4) is 0 Å². The quantitative estimate of drug-likeness (QED) is 0.0534. The number of hydrogen-bond donors (Lipinski definition) is 16. The molecule has 452 valence electrons. The first-order chi connectivity index (χ1) is 36.5. The zero-order chi connectivity index (χ0) is 57.5. The molecule has 24 nitrogen and oxygen atoms in total. The maximum atomic E-state index is 13.0. The number of fused-ring (bicyclic) bond motifs is 5. The predicted molar refractivity (Wildman–Crippen MR) is 268 cm³/mol. The van der Waals surface area contributed by atoms with Crippen LogP contribution >= 0.6 is 0 Å². The minimum Gasteiger partial charge on any atom is -0.394 e. The molecule has 8 aliphatic rings. The fraction of sp³-hybridized carbons (Fsp3) is 0.963. The Morgan fingerprint density at radius 3 is 1.50 bits per heavy atom. The van der Waals surface area contributed by atoms with Crippen LogP contribution in [-0.4, -0.2) is 255 Å². The van der Waals surface area contributed by atoms with Gasteiger partial charge in [-0.15, -0.1) is 0 Å². The Bertz CT molecular complexity index is 2030. The molecule has 0 radical (unpaired) electrons. The first-order valence-electron chi connectivity index (χ1n) is 28.0. The van der Waals surface area contributed by atoms with Crippen molar-refractivity contribution in [2.75, 3.05) is 26.4 Å². The maximum absolute atomic E-state index is 13.0. The van der Waals surface area contributed by atoms with Crippen LogP contribution in [0.25, 0.3) is 0 Å². The molecule has 4 heterocycles. The Morgan fingerprint density at radius 1 is 0.551 bits per heavy atom. The molecule has 0 aromatic heterocycles. The van der Waals surface area contributed by atoms with E-state index in [2.05, 4.69) is 20.8 Å². The van der Waals surface area contributed by atoms with Gasteiger partial charge in [0.2, 0.25) is 0 Å². The molecule has 8 rings (SSSR count). The van der Waals surface area contributed by atoms with Gasteiger partial charge >= 0.3 is 0 Å². The molecule has 0 amide bonds. The van der Waals surface area contributed by atoms with Crippen LogP contribution in [0.3, 0.4) is 0 Å². The molecule has 0 aromatic carbocycles. The fourth-order valence-corrected chi connectivity index (χ4v) is 16.4. The van der Waals surface area contributed by atoms with Gasteiger partial charge in [0, 0.05) is 0 Å². The van der Waals surface area contributed by atoms with E-state index >= 15 is 0 Å². The summed E-state index contributed by atoms with van der Waals surface area (Å²) in [5, 5.41) is 176. The SMILES string of the molecule is CC(C)=CCC[C@](C)(O[C@@H]1O[C@H](CO)[C@@H](O)[C@H](O)[C@H]1O[C@@H]1O[C@H](CO)[C@@H](O)[C@H](O)[C@H]1O)[C@H]1CC[C@]2(C)[C@@H]1[C@H](O)C[C@@H]1[C@@]3(C)CC[C@H](O)C(C)(C)[C@@H]3[C@@H](O[C@@H]3O[C@H](CO)[C@@H](O)[C@H](O)[C@H]3O[C@@H]3O[C@H](CO)[C@@H](O)[C@H](O)[C@H]3O)C[C@]12C. The van der Waals surface area contributed by atoms with Gasteiger partial charge in [-0.25, -0.2) is 0 Å². The molecule has 0 unspecified atom stereocenters. The van der Waals surface area contributed by atoms with Crippen molar-refractivity contribution in [2.24, 2.45) is 45.3 Å². The molecule has 4 saturated heterocycles. The lowest BCUT2D eigenvalue weighted by molar-refractivity contribution is -0.385. The molecule has 0 aromatic rings. The Hall–Kier alpha value is -1.22. The van der Waals surface area contributed by atoms with Crippen LogP contribution in [0.4, 0.5) is 0 Å². The number of aliphatic hydroxyl groups is 16. The highest BCUT2D eigenvalue weighted by molar-refractivity contribution is 5.22. The van der Waals surface area contributed by atoms with Crippen molar-refractivity contribution in [3.63, 3.8) is 0 Å². The molecule has 16 N–H and O–H groups in total. The lowest BCUT2D eigenvalue weighted by Gasteiger charge is -2.72. The normalized spacial score (nSPS) is 53.1. The Kier molecular flexibility index (Phi) is 19.1. The lowest BCUT2D eigenvalue weighted by Crippen LogP contribution is -2.71. The number of aliphatic hydroxyl groups excluding tert-OH is 16. The van der Waals surface area contributed by atoms with Crippen LogP contribution in [0.2, 0.25) is 0 Å². The first-order valence-corrected chi connectivity index (χ1v) is 28.0. The number of allylic oxidation sites excluding steroid dienone is 2. The van der Waals surface area contributed by atoms with Gasteiger partial charge in [-0.05, 0) is 117 Å². The smallest absolute Gasteiger partial charge is 0.187 e. The Labute approximate surface area is 455 Å². The summed E-state index contributed by atoms with van der Waals surface area (Å²) in [7, 11) is 0. The van der Waals surface area contributed by atoms with E-state index in [9.17, 15) is 81.7 Å². The minimum atomic E-state index is -1.90. The van der Waals surface area contributed by atoms with Crippen LogP contribution < -0.4 is 0 Å². The van der Waals surface area contributed by atoms with Gasteiger partial charge in [0.1, 0.15) is 97.7 Å². The second-order valence-corrected chi connectivity index (χ2v) is 25.9. The van der Waals surface area contributed by atoms with Gasteiger partial charge in [-0.3, -0.25) is 0 Å². The molecule has 31 atom stereocenters. The van der Waals surface area contributed by atoms with E-state index in [0.29, 0.717) is 44.9 Å². The summed E-state index contributed by atoms with van der Waals surface area (Å²) in [6, 6.07) is 0. The van der Waals surface area contributed by atoms with Crippen molar-refractivity contribution in [1.82, 2.24) is 0 Å². The average Bonchev–Trinajstić information content (AvgIpc) is 2.11. The van der Waals surface area contributed by atoms with Gasteiger partial charge in [0.05, 0.1) is 50.3 Å². The predicted octanol–water partition coefficient (Wildman–Crippen LogP) is -3.23. The monoisotopic (exact) mass is 1120 g/mol. The molecule has 24 heteroatoms. The van der Waals surface area contributed by atoms with Crippen LogP contribution in [0.1, 0.15) is 107 Å². The maximum Gasteiger partial charge on any atom is 0.187 e. The summed E-state index contributed by atoms with van der Waals surface area (Å²) >= 11 is 0. The molecule has 8 fully saturated rings. The second-order valence-electron chi connectivity index (χ2n) is 25.9. The molecule has 0 bridgehead atoms. The standard InChI is InChI=1S/C54H92O24/c1-22(2)10-9-13-54(8,78-49-44(40(68)36(64)29(21-58)75-49)77-47-42(70)38(66)34(62)27(19-56)73-47)23-11-15-52(6)32(23)24(59)16-30-51(5)14-12-31(60)50(3,4)45(51)25(17-53(30,52)7)71-48-43(39(67)35(63)28(20-57)74-48)76-46-41(69)37(65)33(61)26(18-55)72-46/h10,23-49,55-70H,9,11-21H2,1-8H3/t23-,24+,25-,26+,27+,28+,29+,30+,31-,32-,33+,34+,35+,36+,37-,38-,39-,40-,41+,42+,43+,44+,45-,46-,47-,48+,49-,51+,52+,53+,54-/m0/s1. The minimum absolute atomic E-state index is 0.194. The first kappa shape index (κ1) is 62.8. The molecular weight excluding hydrogens is 1030 g/mol. The lowest BCUT2D eigenvalue weighted by atomic mass is 9.34. The largest absolute Gasteiger partial charge is 0.394 e. The van der Waals surface area contributed by atoms with E-state index in [1.807, 2.05) is 40.7 Å². The molecule has 78 heavy (non-hydrogen) atoms. The summed E-state index contributed by atoms with van der Waals surface area (Å²) in [6.07, 6.45) is -30.8. The summed E-state index contributed by atoms with van der Waals surface area (Å²) in [6.45, 7) is 13.2. The van der Waals surface area contributed by atoms with Gasteiger partial charge in [-0.1, -0.05) is 46.3 Å². The van der Waals surface area contributed by atoms with Crippen molar-refractivity contribution >= 4 is 0 Å². The van der Waals surface area contributed by atoms with Gasteiger partial charge in [-0.2, -0.15) is 0 Å². The molecule has 0 spiro atoms. The van der Waals surface area contributed by atoms with Gasteiger partial charge in [0.15, 0.2) is 25.2 Å². The topological polar surface area (TPSA) is 398 Å². The van der Waals surface area contributed by atoms with E-state index in [4.69, 9.17) is 37.9 Å². The average molecular weight is 1130 g/mol. The van der Waals surface area contributed by atoms with E-state index in [-0.39, 0.29) is 12.3 Å². The zero-order valence-electron chi connectivity index (χ0n) is 46.1. The van der Waals surface area contributed by atoms with Crippen molar-refractivity contribution in [2.45, 2.75) is 253 Å². The number of rotatable bonds is 16. The third kappa shape index (κ3) is 10.7. The number of hydrogen-bond acceptors (Lipinski definition) is 24. The van der Waals surface area contributed by atoms with E-state index in [1.54, 1.807) is 0 Å². The highest BCUT2D eigenvalue weighted by atomic mass is 16.8. The Morgan fingerprint density at radius 2 is 1.01 bits per heavy atom. The summed E-state index contributed by atoms with van der Waals surface area (Å²) in [5.74, 6) is -1.64. The fourth-order valence-electron chi connectivity index (χ4n) is 16.4. The summed E-state index contributed by atoms with van der Waals surface area (Å²) in [4.78, 5) is 0. The van der Waals surface area contributed by atoms with E-state index in [1.165, 1.54) is 0 Å². The van der Waals surface area contributed by atoms with Gasteiger partial charge < -0.3 is 120 Å². The summed E-state index contributed by atoms with van der Waals surface area (Å²) < 4.78 is 50.4. The molecule has 4 aliphatic heterocycles. The van der Waals surface area contributed by atoms with E-state index < -0.39 is 213 Å². The molecular formula is C54H92O24. The van der Waals surface area contributed by atoms with Crippen molar-refractivity contribution in [1.29, 1.82) is 0 Å². The van der Waals surface area contributed by atoms with Crippen LogP contribution in [0.5, 0.6) is 0 Å². The highest BCUT2D eigenvalue weighted by Crippen LogP contribution is 2.76. The zero-order valence-corrected chi connectivity index (χ0v) is 46.1. The van der Waals surface area contributed by atoms with Crippen molar-refractivity contribution in [3.05, 3.63) is 11.6 Å². The Balaban J connectivity index is 1.16.